The van der Waals surface area contributed by atoms with Crippen LogP contribution < -0.4 is 5.11 Å². The maximum Gasteiger partial charge on any atom is 0.169 e. The first-order valence-electron chi connectivity index (χ1n) is 7.13. The van der Waals surface area contributed by atoms with Crippen molar-refractivity contribution >= 4 is 17.7 Å². The van der Waals surface area contributed by atoms with Crippen molar-refractivity contribution in [3.8, 4) is 0 Å². The van der Waals surface area contributed by atoms with Gasteiger partial charge < -0.3 is 19.6 Å². The van der Waals surface area contributed by atoms with Crippen molar-refractivity contribution in [2.75, 3.05) is 0 Å². The fourth-order valence-corrected chi connectivity index (χ4v) is 2.99. The van der Waals surface area contributed by atoms with Crippen LogP contribution in [0.1, 0.15) is 30.2 Å². The topological polar surface area (TPSA) is 78.2 Å². The third-order valence-electron chi connectivity index (χ3n) is 3.31. The molecule has 2 rings (SSSR count). The summed E-state index contributed by atoms with van der Waals surface area (Å²) < 4.78 is 1.87. The lowest BCUT2D eigenvalue weighted by atomic mass is 10.1. The zero-order chi connectivity index (χ0) is 16.1. The summed E-state index contributed by atoms with van der Waals surface area (Å²) in [5, 5.41) is 20.3. The van der Waals surface area contributed by atoms with E-state index in [1.165, 1.54) is 5.56 Å². The van der Waals surface area contributed by atoms with Gasteiger partial charge in [0.05, 0.1) is 23.5 Å². The predicted molar refractivity (Wildman–Crippen MR) is 83.4 cm³/mol. The Hall–Kier alpha value is -1.79. The van der Waals surface area contributed by atoms with Gasteiger partial charge in [-0.15, -0.1) is 0 Å². The molecule has 0 fully saturated rings. The van der Waals surface area contributed by atoms with E-state index < -0.39 is 11.2 Å². The minimum absolute atomic E-state index is 0.170. The van der Waals surface area contributed by atoms with Crippen LogP contribution in [0.5, 0.6) is 0 Å². The maximum absolute atomic E-state index is 11.1. The second-order valence-electron chi connectivity index (χ2n) is 5.12. The smallest absolute Gasteiger partial charge is 0.169 e. The molecule has 1 atom stereocenters. The van der Waals surface area contributed by atoms with Crippen LogP contribution in [-0.4, -0.2) is 25.9 Å². The minimum atomic E-state index is -1.09. The number of aliphatic hydroxyl groups is 1. The summed E-state index contributed by atoms with van der Waals surface area (Å²) in [6, 6.07) is 8.11. The number of carboxylic acid groups (broad SMARTS) is 1. The van der Waals surface area contributed by atoms with Gasteiger partial charge in [0.15, 0.2) is 5.16 Å². The molecule has 1 heterocycles. The first-order valence-corrected chi connectivity index (χ1v) is 8.01. The van der Waals surface area contributed by atoms with Crippen LogP contribution >= 0.6 is 11.8 Å². The van der Waals surface area contributed by atoms with Crippen LogP contribution in [0.3, 0.4) is 0 Å². The first kappa shape index (κ1) is 16.6. The number of hydrogen-bond acceptors (Lipinski definition) is 5. The van der Waals surface area contributed by atoms with E-state index in [-0.39, 0.29) is 6.61 Å². The highest BCUT2D eigenvalue weighted by atomic mass is 32.2. The summed E-state index contributed by atoms with van der Waals surface area (Å²) in [6.45, 7) is 4.24. The van der Waals surface area contributed by atoms with Crippen LogP contribution in [0.25, 0.3) is 0 Å². The molecule has 0 bridgehead atoms. The van der Waals surface area contributed by atoms with Crippen molar-refractivity contribution in [2.45, 2.75) is 43.8 Å². The third-order valence-corrected chi connectivity index (χ3v) is 4.65. The van der Waals surface area contributed by atoms with Crippen LogP contribution in [0.4, 0.5) is 0 Å². The van der Waals surface area contributed by atoms with Gasteiger partial charge in [-0.1, -0.05) is 48.5 Å². The lowest BCUT2D eigenvalue weighted by Gasteiger charge is -2.16. The normalized spacial score (nSPS) is 12.3. The number of aliphatic carboxylic acids is 1. The van der Waals surface area contributed by atoms with Gasteiger partial charge >= 0.3 is 0 Å². The zero-order valence-electron chi connectivity index (χ0n) is 12.7. The van der Waals surface area contributed by atoms with E-state index in [2.05, 4.69) is 4.98 Å². The van der Waals surface area contributed by atoms with E-state index in [9.17, 15) is 15.0 Å². The molecule has 1 aromatic heterocycles. The molecule has 1 N–H and O–H groups in total. The van der Waals surface area contributed by atoms with Gasteiger partial charge in [0, 0.05) is 12.7 Å². The lowest BCUT2D eigenvalue weighted by molar-refractivity contribution is -0.304. The molecule has 0 aliphatic carbocycles. The molecule has 0 saturated heterocycles. The van der Waals surface area contributed by atoms with E-state index in [0.29, 0.717) is 23.8 Å². The van der Waals surface area contributed by atoms with E-state index in [1.807, 2.05) is 35.8 Å². The molecule has 0 saturated carbocycles. The predicted octanol–water partition coefficient (Wildman–Crippen LogP) is 1.35. The number of thioether (sulfide) groups is 1. The molecule has 1 aromatic carbocycles. The number of imidazole rings is 1. The summed E-state index contributed by atoms with van der Waals surface area (Å²) in [5.41, 5.74) is 2.81. The summed E-state index contributed by atoms with van der Waals surface area (Å²) >= 11 is 1.16. The summed E-state index contributed by atoms with van der Waals surface area (Å²) in [7, 11) is 0. The van der Waals surface area contributed by atoms with E-state index in [1.54, 1.807) is 13.1 Å². The first-order chi connectivity index (χ1) is 10.5. The highest BCUT2D eigenvalue weighted by Crippen LogP contribution is 2.25. The van der Waals surface area contributed by atoms with Crippen molar-refractivity contribution in [2.24, 2.45) is 0 Å². The average molecular weight is 319 g/mol. The SMILES string of the molecule is CC[C@H](Sc1nc(CO)cn1Cc1ccc(C)cc1)C(=O)[O-]. The van der Waals surface area contributed by atoms with Gasteiger partial charge in [0.1, 0.15) is 0 Å². The fourth-order valence-electron chi connectivity index (χ4n) is 2.05. The van der Waals surface area contributed by atoms with Gasteiger partial charge in [0.2, 0.25) is 0 Å². The summed E-state index contributed by atoms with van der Waals surface area (Å²) in [4.78, 5) is 15.4. The molecule has 0 spiro atoms. The number of carbonyl (C=O) groups is 1. The number of benzene rings is 1. The number of nitrogens with zero attached hydrogens (tertiary/aromatic N) is 2. The van der Waals surface area contributed by atoms with E-state index >= 15 is 0 Å². The molecule has 0 unspecified atom stereocenters. The number of carboxylic acids is 1. The summed E-state index contributed by atoms with van der Waals surface area (Å²) in [5.74, 6) is -1.09. The number of aryl methyl sites for hydroxylation is 1. The largest absolute Gasteiger partial charge is 0.549 e. The van der Waals surface area contributed by atoms with Gasteiger partial charge in [-0.05, 0) is 18.9 Å². The second kappa shape index (κ2) is 7.47. The number of aliphatic hydroxyl groups excluding tert-OH is 1. The Labute approximate surface area is 134 Å². The van der Waals surface area contributed by atoms with Crippen LogP contribution in [-0.2, 0) is 17.9 Å². The summed E-state index contributed by atoms with van der Waals surface area (Å²) in [6.07, 6.45) is 2.21. The molecule has 0 aliphatic heterocycles. The van der Waals surface area contributed by atoms with Crippen molar-refractivity contribution < 1.29 is 15.0 Å². The Balaban J connectivity index is 2.24. The maximum atomic E-state index is 11.1. The van der Waals surface area contributed by atoms with Crippen LogP contribution in [0.2, 0.25) is 0 Å². The molecule has 0 amide bonds. The monoisotopic (exact) mass is 319 g/mol. The number of aromatic nitrogens is 2. The molecule has 118 valence electrons. The van der Waals surface area contributed by atoms with Gasteiger partial charge in [-0.25, -0.2) is 4.98 Å². The average Bonchev–Trinajstić information content (AvgIpc) is 2.88. The van der Waals surface area contributed by atoms with E-state index in [0.717, 1.165) is 17.3 Å². The van der Waals surface area contributed by atoms with Gasteiger partial charge in [-0.2, -0.15) is 0 Å². The van der Waals surface area contributed by atoms with Crippen molar-refractivity contribution in [1.29, 1.82) is 0 Å². The lowest BCUT2D eigenvalue weighted by Crippen LogP contribution is -2.33. The Morgan fingerprint density at radius 2 is 2.09 bits per heavy atom. The van der Waals surface area contributed by atoms with Crippen molar-refractivity contribution in [1.82, 2.24) is 9.55 Å². The minimum Gasteiger partial charge on any atom is -0.549 e. The highest BCUT2D eigenvalue weighted by Gasteiger charge is 2.15. The Bertz CT molecular complexity index is 637. The Kier molecular flexibility index (Phi) is 5.63. The van der Waals surface area contributed by atoms with Crippen LogP contribution in [0.15, 0.2) is 35.6 Å². The second-order valence-corrected chi connectivity index (χ2v) is 6.29. The Morgan fingerprint density at radius 1 is 1.41 bits per heavy atom. The molecule has 22 heavy (non-hydrogen) atoms. The third kappa shape index (κ3) is 4.11. The number of rotatable bonds is 7. The number of carbonyl (C=O) groups excluding carboxylic acids is 1. The zero-order valence-corrected chi connectivity index (χ0v) is 13.5. The molecular formula is C16H19N2O3S-. The quantitative estimate of drug-likeness (QED) is 0.780. The molecule has 6 heteroatoms. The standard InChI is InChI=1S/C16H20N2O3S/c1-3-14(15(20)21)22-16-17-13(10-19)9-18(16)8-12-6-4-11(2)5-7-12/h4-7,9,14,19H,3,8,10H2,1-2H3,(H,20,21)/p-1/t14-/m0/s1. The fraction of sp³-hybridized carbons (Fsp3) is 0.375. The molecule has 2 aromatic rings. The van der Waals surface area contributed by atoms with Crippen molar-refractivity contribution in [3.05, 3.63) is 47.3 Å². The number of hydrogen-bond donors (Lipinski definition) is 1. The molecular weight excluding hydrogens is 300 g/mol. The van der Waals surface area contributed by atoms with E-state index in [4.69, 9.17) is 0 Å². The van der Waals surface area contributed by atoms with Gasteiger partial charge in [-0.3, -0.25) is 0 Å². The van der Waals surface area contributed by atoms with Gasteiger partial charge in [0.25, 0.3) is 0 Å². The van der Waals surface area contributed by atoms with Crippen molar-refractivity contribution in [3.63, 3.8) is 0 Å². The highest BCUT2D eigenvalue weighted by molar-refractivity contribution is 8.00. The van der Waals surface area contributed by atoms with Crippen LogP contribution in [0, 0.1) is 6.92 Å². The molecule has 5 nitrogen and oxygen atoms in total. The Morgan fingerprint density at radius 3 is 2.64 bits per heavy atom. The molecule has 0 radical (unpaired) electrons. The molecule has 0 aliphatic rings.